The van der Waals surface area contributed by atoms with Gasteiger partial charge >= 0.3 is 0 Å². The second-order valence-corrected chi connectivity index (χ2v) is 7.53. The van der Waals surface area contributed by atoms with Crippen LogP contribution >= 0.6 is 0 Å². The van der Waals surface area contributed by atoms with Gasteiger partial charge in [0.05, 0.1) is 0 Å². The first-order valence-electron chi connectivity index (χ1n) is 8.42. The van der Waals surface area contributed by atoms with Crippen molar-refractivity contribution < 1.29 is 0 Å². The van der Waals surface area contributed by atoms with Gasteiger partial charge in [-0.15, -0.1) is 12.3 Å². The maximum absolute atomic E-state index is 5.52. The van der Waals surface area contributed by atoms with Gasteiger partial charge in [-0.3, -0.25) is 0 Å². The Morgan fingerprint density at radius 2 is 1.74 bits per heavy atom. The smallest absolute Gasteiger partial charge is 0.0133 e. The molecule has 4 aliphatic carbocycles. The summed E-state index contributed by atoms with van der Waals surface area (Å²) < 4.78 is 0. The first-order valence-corrected chi connectivity index (χ1v) is 8.42. The van der Waals surface area contributed by atoms with Crippen molar-refractivity contribution in [1.29, 1.82) is 0 Å². The summed E-state index contributed by atoms with van der Waals surface area (Å²) in [6.45, 7) is 3.43. The molecule has 1 heteroatoms. The number of terminal acetylenes is 1. The molecule has 0 amide bonds. The summed E-state index contributed by atoms with van der Waals surface area (Å²) in [5, 5.41) is 3.87. The zero-order valence-electron chi connectivity index (χ0n) is 12.5. The lowest BCUT2D eigenvalue weighted by Gasteiger charge is -2.59. The standard InChI is InChI=1S/C18H29N/c1-3-5-6-17(19-7-4-2)18-11-14-8-15(12-18)10-16(9-14)13-18/h1,14-17,19H,4-13H2,2H3. The van der Waals surface area contributed by atoms with Crippen molar-refractivity contribution in [2.45, 2.75) is 70.8 Å². The lowest BCUT2D eigenvalue weighted by atomic mass is 9.47. The average Bonchev–Trinajstić information content (AvgIpc) is 2.37. The maximum atomic E-state index is 5.52. The molecule has 1 atom stereocenters. The molecule has 19 heavy (non-hydrogen) atoms. The molecule has 4 rings (SSSR count). The molecule has 0 aromatic rings. The van der Waals surface area contributed by atoms with Crippen LogP contribution in [0.5, 0.6) is 0 Å². The van der Waals surface area contributed by atoms with E-state index in [9.17, 15) is 0 Å². The second-order valence-electron chi connectivity index (χ2n) is 7.53. The van der Waals surface area contributed by atoms with Crippen molar-refractivity contribution in [2.75, 3.05) is 6.54 Å². The van der Waals surface area contributed by atoms with Gasteiger partial charge < -0.3 is 5.32 Å². The number of hydrogen-bond donors (Lipinski definition) is 1. The highest BCUT2D eigenvalue weighted by atomic mass is 14.9. The number of rotatable bonds is 6. The predicted molar refractivity (Wildman–Crippen MR) is 80.8 cm³/mol. The summed E-state index contributed by atoms with van der Waals surface area (Å²) in [4.78, 5) is 0. The Balaban J connectivity index is 1.74. The first kappa shape index (κ1) is 13.5. The van der Waals surface area contributed by atoms with E-state index < -0.39 is 0 Å². The molecule has 4 aliphatic rings. The van der Waals surface area contributed by atoms with Gasteiger partial charge in [0.25, 0.3) is 0 Å². The molecule has 1 nitrogen and oxygen atoms in total. The van der Waals surface area contributed by atoms with Crippen LogP contribution in [0.4, 0.5) is 0 Å². The van der Waals surface area contributed by atoms with E-state index in [4.69, 9.17) is 6.42 Å². The molecular formula is C18H29N. The molecule has 0 aliphatic heterocycles. The van der Waals surface area contributed by atoms with E-state index in [-0.39, 0.29) is 0 Å². The molecule has 106 valence electrons. The van der Waals surface area contributed by atoms with E-state index in [1.54, 1.807) is 0 Å². The second kappa shape index (κ2) is 5.49. The third-order valence-corrected chi connectivity index (χ3v) is 6.04. The minimum Gasteiger partial charge on any atom is -0.313 e. The van der Waals surface area contributed by atoms with Crippen LogP contribution in [0.25, 0.3) is 0 Å². The van der Waals surface area contributed by atoms with Gasteiger partial charge in [0.15, 0.2) is 0 Å². The molecular weight excluding hydrogens is 230 g/mol. The summed E-state index contributed by atoms with van der Waals surface area (Å²) in [5.74, 6) is 6.00. The van der Waals surface area contributed by atoms with Crippen molar-refractivity contribution in [3.8, 4) is 12.3 Å². The van der Waals surface area contributed by atoms with E-state index in [0.29, 0.717) is 11.5 Å². The molecule has 1 N–H and O–H groups in total. The van der Waals surface area contributed by atoms with Crippen LogP contribution in [0, 0.1) is 35.5 Å². The van der Waals surface area contributed by atoms with Crippen LogP contribution in [0.2, 0.25) is 0 Å². The molecule has 0 radical (unpaired) electrons. The van der Waals surface area contributed by atoms with Crippen molar-refractivity contribution in [3.05, 3.63) is 0 Å². The zero-order valence-corrected chi connectivity index (χ0v) is 12.5. The Kier molecular flexibility index (Phi) is 3.90. The van der Waals surface area contributed by atoms with E-state index in [1.165, 1.54) is 51.4 Å². The molecule has 0 heterocycles. The highest BCUT2D eigenvalue weighted by Gasteiger charge is 2.53. The number of nitrogens with one attached hydrogen (secondary N) is 1. The lowest BCUT2D eigenvalue weighted by Crippen LogP contribution is -2.56. The molecule has 1 unspecified atom stereocenters. The van der Waals surface area contributed by atoms with Gasteiger partial charge in [0.2, 0.25) is 0 Å². The van der Waals surface area contributed by atoms with Crippen molar-refractivity contribution in [3.63, 3.8) is 0 Å². The van der Waals surface area contributed by atoms with Crippen LogP contribution in [-0.2, 0) is 0 Å². The normalized spacial score (nSPS) is 41.2. The topological polar surface area (TPSA) is 12.0 Å². The number of hydrogen-bond acceptors (Lipinski definition) is 1. The molecule has 0 spiro atoms. The first-order chi connectivity index (χ1) is 9.25. The summed E-state index contributed by atoms with van der Waals surface area (Å²) in [7, 11) is 0. The van der Waals surface area contributed by atoms with Gasteiger partial charge in [-0.25, -0.2) is 0 Å². The minimum absolute atomic E-state index is 0.612. The maximum Gasteiger partial charge on any atom is 0.0133 e. The van der Waals surface area contributed by atoms with Crippen LogP contribution in [0.3, 0.4) is 0 Å². The lowest BCUT2D eigenvalue weighted by molar-refractivity contribution is -0.0749. The average molecular weight is 259 g/mol. The summed E-state index contributed by atoms with van der Waals surface area (Å²) >= 11 is 0. The van der Waals surface area contributed by atoms with Gasteiger partial charge in [-0.2, -0.15) is 0 Å². The Hall–Kier alpha value is -0.480. The Labute approximate surface area is 118 Å². The van der Waals surface area contributed by atoms with Gasteiger partial charge in [0, 0.05) is 12.5 Å². The van der Waals surface area contributed by atoms with E-state index >= 15 is 0 Å². The Bertz CT molecular complexity index is 316. The molecule has 0 aromatic carbocycles. The third-order valence-electron chi connectivity index (χ3n) is 6.04. The highest BCUT2D eigenvalue weighted by molar-refractivity contribution is 5.06. The fourth-order valence-corrected chi connectivity index (χ4v) is 5.78. The van der Waals surface area contributed by atoms with Gasteiger partial charge in [0.1, 0.15) is 0 Å². The Morgan fingerprint density at radius 3 is 2.21 bits per heavy atom. The molecule has 4 fully saturated rings. The van der Waals surface area contributed by atoms with Gasteiger partial charge in [-0.1, -0.05) is 6.92 Å². The van der Waals surface area contributed by atoms with E-state index in [0.717, 1.165) is 30.7 Å². The molecule has 0 saturated heterocycles. The summed E-state index contributed by atoms with van der Waals surface area (Å²) in [6.07, 6.45) is 18.0. The van der Waals surface area contributed by atoms with Crippen LogP contribution in [0.1, 0.15) is 64.7 Å². The third kappa shape index (κ3) is 2.57. The highest BCUT2D eigenvalue weighted by Crippen LogP contribution is 2.61. The van der Waals surface area contributed by atoms with Crippen molar-refractivity contribution in [1.82, 2.24) is 5.32 Å². The summed E-state index contributed by atoms with van der Waals surface area (Å²) in [5.41, 5.74) is 0.612. The Morgan fingerprint density at radius 1 is 1.16 bits per heavy atom. The summed E-state index contributed by atoms with van der Waals surface area (Å²) in [6, 6.07) is 0.692. The van der Waals surface area contributed by atoms with Gasteiger partial charge in [-0.05, 0) is 81.1 Å². The molecule has 4 saturated carbocycles. The van der Waals surface area contributed by atoms with Crippen molar-refractivity contribution >= 4 is 0 Å². The zero-order chi connectivity index (χ0) is 13.3. The predicted octanol–water partition coefficient (Wildman–Crippen LogP) is 3.98. The molecule has 0 aromatic heterocycles. The monoisotopic (exact) mass is 259 g/mol. The SMILES string of the molecule is C#CCCC(NCCC)C12CC3CC(CC(C3)C1)C2. The fraction of sp³-hybridized carbons (Fsp3) is 0.889. The van der Waals surface area contributed by atoms with Crippen LogP contribution in [0.15, 0.2) is 0 Å². The fourth-order valence-electron chi connectivity index (χ4n) is 5.78. The van der Waals surface area contributed by atoms with Crippen LogP contribution in [-0.4, -0.2) is 12.6 Å². The minimum atomic E-state index is 0.612. The van der Waals surface area contributed by atoms with E-state index in [1.807, 2.05) is 0 Å². The quantitative estimate of drug-likeness (QED) is 0.711. The van der Waals surface area contributed by atoms with Crippen molar-refractivity contribution in [2.24, 2.45) is 23.2 Å². The van der Waals surface area contributed by atoms with Crippen LogP contribution < -0.4 is 5.32 Å². The molecule has 4 bridgehead atoms. The van der Waals surface area contributed by atoms with E-state index in [2.05, 4.69) is 18.2 Å². The largest absolute Gasteiger partial charge is 0.313 e.